The van der Waals surface area contributed by atoms with Gasteiger partial charge in [0, 0.05) is 23.0 Å². The topological polar surface area (TPSA) is 69.6 Å². The van der Waals surface area contributed by atoms with Crippen molar-refractivity contribution in [2.24, 2.45) is 0 Å². The minimum absolute atomic E-state index is 0.566. The summed E-state index contributed by atoms with van der Waals surface area (Å²) < 4.78 is 8.51. The predicted molar refractivity (Wildman–Crippen MR) is 117 cm³/mol. The van der Waals surface area contributed by atoms with Gasteiger partial charge in [0.1, 0.15) is 0 Å². The summed E-state index contributed by atoms with van der Waals surface area (Å²) in [6.07, 6.45) is 1.66. The number of nitrogens with zero attached hydrogens (tertiary/aromatic N) is 5. The Kier molecular flexibility index (Phi) is 6.41. The summed E-state index contributed by atoms with van der Waals surface area (Å²) in [6, 6.07) is 18.6. The number of rotatable bonds is 8. The lowest BCUT2D eigenvalue weighted by Gasteiger charge is -2.10. The van der Waals surface area contributed by atoms with E-state index in [-0.39, 0.29) is 0 Å². The van der Waals surface area contributed by atoms with Crippen molar-refractivity contribution < 1.29 is 4.52 Å². The lowest BCUT2D eigenvalue weighted by Crippen LogP contribution is -2.05. The average Bonchev–Trinajstić information content (AvgIpc) is 3.38. The molecule has 2 heterocycles. The van der Waals surface area contributed by atoms with Crippen molar-refractivity contribution in [3.8, 4) is 11.4 Å². The molecule has 0 amide bonds. The number of thioether (sulfide) groups is 1. The highest BCUT2D eigenvalue weighted by Gasteiger charge is 2.16. The highest BCUT2D eigenvalue weighted by molar-refractivity contribution is 9.10. The lowest BCUT2D eigenvalue weighted by atomic mass is 10.1. The van der Waals surface area contributed by atoms with Gasteiger partial charge in [0.25, 0.3) is 0 Å². The number of hydrogen-bond acceptors (Lipinski definition) is 6. The summed E-state index contributed by atoms with van der Waals surface area (Å²) >= 11 is 5.05. The number of aryl methyl sites for hydroxylation is 2. The maximum atomic E-state index is 5.31. The molecule has 4 aromatic rings. The monoisotopic (exact) mass is 469 g/mol. The van der Waals surface area contributed by atoms with Crippen molar-refractivity contribution in [2.45, 2.75) is 37.2 Å². The second-order valence-corrected chi connectivity index (χ2v) is 8.31. The number of hydrogen-bond donors (Lipinski definition) is 0. The molecule has 4 rings (SSSR count). The summed E-state index contributed by atoms with van der Waals surface area (Å²) in [5.41, 5.74) is 2.31. The smallest absolute Gasteiger partial charge is 0.237 e. The fourth-order valence-electron chi connectivity index (χ4n) is 2.91. The van der Waals surface area contributed by atoms with Crippen molar-refractivity contribution in [1.82, 2.24) is 24.9 Å². The first-order valence-electron chi connectivity index (χ1n) is 9.40. The van der Waals surface area contributed by atoms with Gasteiger partial charge in [-0.25, -0.2) is 0 Å². The Bertz CT molecular complexity index is 1060. The summed E-state index contributed by atoms with van der Waals surface area (Å²) in [4.78, 5) is 4.38. The van der Waals surface area contributed by atoms with E-state index in [1.807, 2.05) is 37.3 Å². The molecule has 0 atom stereocenters. The summed E-state index contributed by atoms with van der Waals surface area (Å²) in [7, 11) is 0. The Balaban J connectivity index is 1.58. The first kappa shape index (κ1) is 19.8. The fourth-order valence-corrected chi connectivity index (χ4v) is 3.98. The van der Waals surface area contributed by atoms with Gasteiger partial charge in [-0.05, 0) is 24.1 Å². The third-order valence-corrected chi connectivity index (χ3v) is 5.92. The zero-order chi connectivity index (χ0) is 20.1. The normalized spacial score (nSPS) is 11.1. The molecule has 0 saturated heterocycles. The molecule has 0 aliphatic rings. The highest BCUT2D eigenvalue weighted by atomic mass is 79.9. The fraction of sp³-hybridized carbons (Fsp3) is 0.238. The third kappa shape index (κ3) is 4.94. The van der Waals surface area contributed by atoms with E-state index >= 15 is 0 Å². The molecule has 0 fully saturated rings. The van der Waals surface area contributed by atoms with Crippen LogP contribution in [0.3, 0.4) is 0 Å². The van der Waals surface area contributed by atoms with Crippen LogP contribution in [-0.2, 0) is 25.1 Å². The van der Waals surface area contributed by atoms with Crippen LogP contribution in [0.15, 0.2) is 68.7 Å². The van der Waals surface area contributed by atoms with E-state index in [0.717, 1.165) is 46.2 Å². The van der Waals surface area contributed by atoms with Gasteiger partial charge >= 0.3 is 0 Å². The Labute approximate surface area is 181 Å². The van der Waals surface area contributed by atoms with E-state index in [9.17, 15) is 0 Å². The number of aromatic nitrogens is 5. The molecule has 0 radical (unpaired) electrons. The maximum absolute atomic E-state index is 5.31. The molecule has 2 aromatic carbocycles. The molecule has 148 valence electrons. The van der Waals surface area contributed by atoms with Crippen molar-refractivity contribution in [1.29, 1.82) is 0 Å². The van der Waals surface area contributed by atoms with Crippen LogP contribution in [0.25, 0.3) is 11.4 Å². The molecule has 0 spiro atoms. The molecule has 29 heavy (non-hydrogen) atoms. The van der Waals surface area contributed by atoms with Crippen molar-refractivity contribution >= 4 is 27.7 Å². The van der Waals surface area contributed by atoms with Gasteiger partial charge in [-0.2, -0.15) is 4.98 Å². The Morgan fingerprint density at radius 3 is 2.55 bits per heavy atom. The molecule has 2 aromatic heterocycles. The van der Waals surface area contributed by atoms with Crippen molar-refractivity contribution in [2.75, 3.05) is 0 Å². The van der Waals surface area contributed by atoms with E-state index in [4.69, 9.17) is 4.52 Å². The molecule has 0 bridgehead atoms. The SMILES string of the molecule is CCc1noc(CSc2nnc(-c3ccc(Br)cc3)n2CCc2ccccc2)n1. The lowest BCUT2D eigenvalue weighted by molar-refractivity contribution is 0.385. The van der Waals surface area contributed by atoms with Crippen LogP contribution in [0.2, 0.25) is 0 Å². The van der Waals surface area contributed by atoms with Crippen LogP contribution < -0.4 is 0 Å². The van der Waals surface area contributed by atoms with Crippen LogP contribution in [0.5, 0.6) is 0 Å². The Morgan fingerprint density at radius 2 is 1.83 bits per heavy atom. The second-order valence-electron chi connectivity index (χ2n) is 6.45. The molecule has 0 saturated carbocycles. The molecule has 0 aliphatic heterocycles. The molecule has 0 aliphatic carbocycles. The number of halogens is 1. The molecular weight excluding hydrogens is 450 g/mol. The van der Waals surface area contributed by atoms with Crippen LogP contribution >= 0.6 is 27.7 Å². The Hall–Kier alpha value is -2.45. The van der Waals surface area contributed by atoms with E-state index in [1.165, 1.54) is 5.56 Å². The molecule has 8 heteroatoms. The third-order valence-electron chi connectivity index (χ3n) is 4.44. The van der Waals surface area contributed by atoms with Crippen LogP contribution in [0.4, 0.5) is 0 Å². The van der Waals surface area contributed by atoms with Gasteiger partial charge in [-0.15, -0.1) is 10.2 Å². The van der Waals surface area contributed by atoms with Gasteiger partial charge in [0.2, 0.25) is 5.89 Å². The minimum Gasteiger partial charge on any atom is -0.338 e. The van der Waals surface area contributed by atoms with E-state index in [2.05, 4.69) is 65.1 Å². The molecule has 0 unspecified atom stereocenters. The first-order valence-corrected chi connectivity index (χ1v) is 11.2. The zero-order valence-electron chi connectivity index (χ0n) is 16.0. The second kappa shape index (κ2) is 9.37. The predicted octanol–water partition coefficient (Wildman–Crippen LogP) is 5.19. The summed E-state index contributed by atoms with van der Waals surface area (Å²) in [5, 5.41) is 13.7. The molecule has 6 nitrogen and oxygen atoms in total. The van der Waals surface area contributed by atoms with Gasteiger partial charge in [0.05, 0.1) is 5.75 Å². The molecule has 0 N–H and O–H groups in total. The quantitative estimate of drug-likeness (QED) is 0.330. The molecular formula is C21H20BrN5OS. The van der Waals surface area contributed by atoms with Crippen molar-refractivity contribution in [3.63, 3.8) is 0 Å². The van der Waals surface area contributed by atoms with Crippen LogP contribution in [0.1, 0.15) is 24.2 Å². The van der Waals surface area contributed by atoms with Crippen molar-refractivity contribution in [3.05, 3.63) is 76.3 Å². The largest absolute Gasteiger partial charge is 0.338 e. The summed E-state index contributed by atoms with van der Waals surface area (Å²) in [6.45, 7) is 2.79. The van der Waals surface area contributed by atoms with Gasteiger partial charge in [0.15, 0.2) is 16.8 Å². The zero-order valence-corrected chi connectivity index (χ0v) is 18.4. The number of benzene rings is 2. The maximum Gasteiger partial charge on any atom is 0.237 e. The van der Waals surface area contributed by atoms with E-state index in [0.29, 0.717) is 11.6 Å². The van der Waals surface area contributed by atoms with Gasteiger partial charge in [-0.1, -0.05) is 82.2 Å². The minimum atomic E-state index is 0.566. The van der Waals surface area contributed by atoms with Gasteiger partial charge < -0.3 is 9.09 Å². The highest BCUT2D eigenvalue weighted by Crippen LogP contribution is 2.27. The van der Waals surface area contributed by atoms with Crippen LogP contribution in [0, 0.1) is 0 Å². The average molecular weight is 470 g/mol. The first-order chi connectivity index (χ1) is 14.2. The standard InChI is InChI=1S/C21H20BrN5OS/c1-2-18-23-19(28-26-18)14-29-21-25-24-20(16-8-10-17(22)11-9-16)27(21)13-12-15-6-4-3-5-7-15/h3-11H,2,12-14H2,1H3. The van der Waals surface area contributed by atoms with E-state index in [1.54, 1.807) is 11.8 Å². The summed E-state index contributed by atoms with van der Waals surface area (Å²) in [5.74, 6) is 2.75. The van der Waals surface area contributed by atoms with Gasteiger partial charge in [-0.3, -0.25) is 0 Å². The van der Waals surface area contributed by atoms with Crippen LogP contribution in [-0.4, -0.2) is 24.9 Å². The van der Waals surface area contributed by atoms with E-state index < -0.39 is 0 Å². The Morgan fingerprint density at radius 1 is 1.03 bits per heavy atom.